The normalized spacial score (nSPS) is 14.3. The van der Waals surface area contributed by atoms with Gasteiger partial charge in [0.05, 0.1) is 23.7 Å². The molecule has 30 heavy (non-hydrogen) atoms. The molecule has 0 aromatic heterocycles. The van der Waals surface area contributed by atoms with Crippen LogP contribution in [-0.2, 0) is 4.79 Å². The average Bonchev–Trinajstić information content (AvgIpc) is 2.78. The summed E-state index contributed by atoms with van der Waals surface area (Å²) in [5, 5.41) is 3.24. The Kier molecular flexibility index (Phi) is 7.34. The van der Waals surface area contributed by atoms with Gasteiger partial charge in [-0.15, -0.1) is 0 Å². The smallest absolute Gasteiger partial charge is 0.251 e. The van der Waals surface area contributed by atoms with Crippen LogP contribution in [0.15, 0.2) is 42.5 Å². The molecule has 0 unspecified atom stereocenters. The third kappa shape index (κ3) is 5.32. The summed E-state index contributed by atoms with van der Waals surface area (Å²) in [6, 6.07) is 11.6. The van der Waals surface area contributed by atoms with Gasteiger partial charge in [0, 0.05) is 30.1 Å². The lowest BCUT2D eigenvalue weighted by atomic mass is 9.89. The van der Waals surface area contributed by atoms with Gasteiger partial charge in [-0.25, -0.2) is 0 Å². The van der Waals surface area contributed by atoms with Gasteiger partial charge in [0.1, 0.15) is 5.75 Å². The highest BCUT2D eigenvalue weighted by Crippen LogP contribution is 2.24. The summed E-state index contributed by atoms with van der Waals surface area (Å²) in [5.41, 5.74) is 0.982. The van der Waals surface area contributed by atoms with Crippen molar-refractivity contribution in [2.75, 3.05) is 26.7 Å². The molecule has 1 aliphatic rings. The van der Waals surface area contributed by atoms with Crippen molar-refractivity contribution in [3.05, 3.63) is 63.6 Å². The summed E-state index contributed by atoms with van der Waals surface area (Å²) < 4.78 is 5.12. The first-order valence-corrected chi connectivity index (χ1v) is 10.3. The second kappa shape index (κ2) is 9.96. The molecule has 0 saturated carbocycles. The van der Waals surface area contributed by atoms with Crippen LogP contribution in [0.3, 0.4) is 0 Å². The number of nitrogens with one attached hydrogen (secondary N) is 1. The van der Waals surface area contributed by atoms with E-state index in [0.717, 1.165) is 0 Å². The van der Waals surface area contributed by atoms with E-state index in [-0.39, 0.29) is 29.2 Å². The minimum atomic E-state index is -0.397. The number of carbonyl (C=O) groups is 3. The van der Waals surface area contributed by atoms with E-state index >= 15 is 0 Å². The van der Waals surface area contributed by atoms with Gasteiger partial charge in [-0.05, 0) is 55.3 Å². The maximum atomic E-state index is 12.7. The van der Waals surface area contributed by atoms with Crippen LogP contribution < -0.4 is 10.1 Å². The molecule has 2 aromatic carbocycles. The van der Waals surface area contributed by atoms with Crippen molar-refractivity contribution in [1.82, 2.24) is 10.2 Å². The molecule has 1 saturated heterocycles. The van der Waals surface area contributed by atoms with Gasteiger partial charge in [0.15, 0.2) is 5.78 Å². The third-order valence-electron chi connectivity index (χ3n) is 5.17. The number of hydrogen-bond acceptors (Lipinski definition) is 4. The Balaban J connectivity index is 1.48. The maximum Gasteiger partial charge on any atom is 0.251 e. The van der Waals surface area contributed by atoms with E-state index in [1.807, 2.05) is 0 Å². The highest BCUT2D eigenvalue weighted by Gasteiger charge is 2.28. The minimum absolute atomic E-state index is 0.0812. The summed E-state index contributed by atoms with van der Waals surface area (Å²) >= 11 is 11.8. The minimum Gasteiger partial charge on any atom is -0.497 e. The second-order valence-corrected chi connectivity index (χ2v) is 7.87. The number of halogens is 2. The maximum absolute atomic E-state index is 12.7. The molecule has 1 aliphatic heterocycles. The molecule has 158 valence electrons. The van der Waals surface area contributed by atoms with Gasteiger partial charge in [0.25, 0.3) is 5.91 Å². The molecule has 0 atom stereocenters. The van der Waals surface area contributed by atoms with Gasteiger partial charge in [-0.1, -0.05) is 23.2 Å². The molecule has 0 spiro atoms. The van der Waals surface area contributed by atoms with Crippen LogP contribution in [0, 0.1) is 5.92 Å². The Morgan fingerprint density at radius 1 is 1.00 bits per heavy atom. The first-order valence-electron chi connectivity index (χ1n) is 9.58. The van der Waals surface area contributed by atoms with Crippen LogP contribution in [0.5, 0.6) is 5.75 Å². The Labute approximate surface area is 185 Å². The lowest BCUT2D eigenvalue weighted by Gasteiger charge is -2.31. The predicted molar refractivity (Wildman–Crippen MR) is 115 cm³/mol. The molecule has 1 heterocycles. The van der Waals surface area contributed by atoms with E-state index < -0.39 is 5.91 Å². The third-order valence-corrected chi connectivity index (χ3v) is 5.91. The molecule has 6 nitrogen and oxygen atoms in total. The van der Waals surface area contributed by atoms with Crippen LogP contribution >= 0.6 is 23.2 Å². The number of amides is 2. The molecule has 0 aliphatic carbocycles. The lowest BCUT2D eigenvalue weighted by Crippen LogP contribution is -2.45. The van der Waals surface area contributed by atoms with Crippen molar-refractivity contribution in [2.45, 2.75) is 12.8 Å². The van der Waals surface area contributed by atoms with Crippen LogP contribution in [-0.4, -0.2) is 49.2 Å². The van der Waals surface area contributed by atoms with Crippen molar-refractivity contribution < 1.29 is 19.1 Å². The SMILES string of the molecule is COc1ccc(C(=O)C2CCN(C(=O)CNC(=O)c3ccc(Cl)c(Cl)c3)CC2)cc1. The fourth-order valence-corrected chi connectivity index (χ4v) is 3.69. The van der Waals surface area contributed by atoms with E-state index in [9.17, 15) is 14.4 Å². The van der Waals surface area contributed by atoms with Crippen molar-refractivity contribution in [3.8, 4) is 5.75 Å². The van der Waals surface area contributed by atoms with Gasteiger partial charge in [-0.3, -0.25) is 14.4 Å². The largest absolute Gasteiger partial charge is 0.497 e. The van der Waals surface area contributed by atoms with Gasteiger partial charge in [0.2, 0.25) is 5.91 Å². The van der Waals surface area contributed by atoms with Crippen LogP contribution in [0.4, 0.5) is 0 Å². The highest BCUT2D eigenvalue weighted by atomic mass is 35.5. The van der Waals surface area contributed by atoms with Crippen molar-refractivity contribution in [2.24, 2.45) is 5.92 Å². The summed E-state index contributed by atoms with van der Waals surface area (Å²) in [6.07, 6.45) is 1.19. The van der Waals surface area contributed by atoms with Crippen molar-refractivity contribution >= 4 is 40.8 Å². The van der Waals surface area contributed by atoms with Gasteiger partial charge >= 0.3 is 0 Å². The summed E-state index contributed by atoms with van der Waals surface area (Å²) in [4.78, 5) is 39.0. The Bertz CT molecular complexity index is 939. The van der Waals surface area contributed by atoms with E-state index in [1.54, 1.807) is 42.3 Å². The number of ether oxygens (including phenoxy) is 1. The summed E-state index contributed by atoms with van der Waals surface area (Å²) in [5.74, 6) is 0.0889. The zero-order valence-electron chi connectivity index (χ0n) is 16.5. The molecule has 8 heteroatoms. The second-order valence-electron chi connectivity index (χ2n) is 7.06. The van der Waals surface area contributed by atoms with E-state index in [1.165, 1.54) is 12.1 Å². The first kappa shape index (κ1) is 22.1. The van der Waals surface area contributed by atoms with Crippen LogP contribution in [0.1, 0.15) is 33.6 Å². The fourth-order valence-electron chi connectivity index (χ4n) is 3.39. The highest BCUT2D eigenvalue weighted by molar-refractivity contribution is 6.42. The standard InChI is InChI=1S/C22H22Cl2N2O4/c1-30-17-5-2-14(3-6-17)21(28)15-8-10-26(11-9-15)20(27)13-25-22(29)16-4-7-18(23)19(24)12-16/h2-7,12,15H,8-11,13H2,1H3,(H,25,29). The number of rotatable bonds is 6. The van der Waals surface area contributed by atoms with E-state index in [2.05, 4.69) is 5.32 Å². The molecule has 1 fully saturated rings. The molecule has 3 rings (SSSR count). The van der Waals surface area contributed by atoms with E-state index in [0.29, 0.717) is 47.8 Å². The Hall–Kier alpha value is -2.57. The molecule has 2 amide bonds. The van der Waals surface area contributed by atoms with E-state index in [4.69, 9.17) is 27.9 Å². The number of Topliss-reactive ketones (excluding diaryl/α,β-unsaturated/α-hetero) is 1. The lowest BCUT2D eigenvalue weighted by molar-refractivity contribution is -0.131. The molecule has 0 bridgehead atoms. The first-order chi connectivity index (χ1) is 14.4. The van der Waals surface area contributed by atoms with Gasteiger partial charge < -0.3 is 15.0 Å². The zero-order chi connectivity index (χ0) is 21.7. The molecule has 1 N–H and O–H groups in total. The van der Waals surface area contributed by atoms with Gasteiger partial charge in [-0.2, -0.15) is 0 Å². The quantitative estimate of drug-likeness (QED) is 0.680. The zero-order valence-corrected chi connectivity index (χ0v) is 18.0. The molecule has 2 aromatic rings. The Morgan fingerprint density at radius 2 is 1.63 bits per heavy atom. The van der Waals surface area contributed by atoms with Crippen molar-refractivity contribution in [1.29, 1.82) is 0 Å². The predicted octanol–water partition coefficient (Wildman–Crippen LogP) is 3.85. The molecular formula is C22H22Cl2N2O4. The number of piperidine rings is 1. The summed E-state index contributed by atoms with van der Waals surface area (Å²) in [7, 11) is 1.58. The number of ketones is 1. The number of methoxy groups -OCH3 is 1. The Morgan fingerprint density at radius 3 is 2.23 bits per heavy atom. The monoisotopic (exact) mass is 448 g/mol. The number of benzene rings is 2. The number of nitrogens with zero attached hydrogens (tertiary/aromatic N) is 1. The van der Waals surface area contributed by atoms with Crippen LogP contribution in [0.2, 0.25) is 10.0 Å². The average molecular weight is 449 g/mol. The molecular weight excluding hydrogens is 427 g/mol. The topological polar surface area (TPSA) is 75.7 Å². The van der Waals surface area contributed by atoms with Crippen molar-refractivity contribution in [3.63, 3.8) is 0 Å². The number of hydrogen-bond donors (Lipinski definition) is 1. The summed E-state index contributed by atoms with van der Waals surface area (Å²) in [6.45, 7) is 0.845. The number of likely N-dealkylation sites (tertiary alicyclic amines) is 1. The fraction of sp³-hybridized carbons (Fsp3) is 0.318. The van der Waals surface area contributed by atoms with Crippen LogP contribution in [0.25, 0.3) is 0 Å². The number of carbonyl (C=O) groups excluding carboxylic acids is 3. The molecule has 0 radical (unpaired) electrons.